The number of rotatable bonds is 5. The minimum absolute atomic E-state index is 0.239. The van der Waals surface area contributed by atoms with Gasteiger partial charge in [-0.15, -0.1) is 0 Å². The van der Waals surface area contributed by atoms with Gasteiger partial charge in [0.2, 0.25) is 0 Å². The molecule has 0 unspecified atom stereocenters. The Labute approximate surface area is 152 Å². The van der Waals surface area contributed by atoms with Gasteiger partial charge in [-0.2, -0.15) is 0 Å². The molecule has 0 saturated carbocycles. The molecular formula is C20H23NO5. The number of anilines is 1. The number of aliphatic carboxylic acids is 1. The molecule has 6 heteroatoms. The molecule has 3 rings (SSSR count). The number of hydrogen-bond donors (Lipinski definition) is 2. The van der Waals surface area contributed by atoms with Crippen LogP contribution >= 0.6 is 0 Å². The van der Waals surface area contributed by atoms with Crippen LogP contribution in [0.2, 0.25) is 0 Å². The fraction of sp³-hybridized carbons (Fsp3) is 0.350. The van der Waals surface area contributed by atoms with Crippen molar-refractivity contribution in [2.75, 3.05) is 25.7 Å². The molecule has 1 heterocycles. The highest BCUT2D eigenvalue weighted by Crippen LogP contribution is 2.35. The lowest BCUT2D eigenvalue weighted by Gasteiger charge is -2.42. The summed E-state index contributed by atoms with van der Waals surface area (Å²) in [5.74, 6) is 0.297. The van der Waals surface area contributed by atoms with Gasteiger partial charge in [-0.1, -0.05) is 12.1 Å². The van der Waals surface area contributed by atoms with E-state index in [4.69, 9.17) is 9.47 Å². The second-order valence-corrected chi connectivity index (χ2v) is 6.39. The third-order valence-electron chi connectivity index (χ3n) is 4.93. The van der Waals surface area contributed by atoms with Gasteiger partial charge in [0.05, 0.1) is 20.3 Å². The quantitative estimate of drug-likeness (QED) is 0.856. The summed E-state index contributed by atoms with van der Waals surface area (Å²) >= 11 is 0. The van der Waals surface area contributed by atoms with Gasteiger partial charge in [0, 0.05) is 18.2 Å². The fourth-order valence-electron chi connectivity index (χ4n) is 3.48. The predicted molar refractivity (Wildman–Crippen MR) is 98.1 cm³/mol. The number of carboxylic acid groups (broad SMARTS) is 1. The maximum atomic E-state index is 11.9. The summed E-state index contributed by atoms with van der Waals surface area (Å²) in [7, 11) is 3.18. The first kappa shape index (κ1) is 18.1. The lowest BCUT2D eigenvalue weighted by molar-refractivity contribution is -0.139. The summed E-state index contributed by atoms with van der Waals surface area (Å²) < 4.78 is 10.3. The molecule has 1 aliphatic rings. The summed E-state index contributed by atoms with van der Waals surface area (Å²) in [5.41, 5.74) is 1.67. The smallest absolute Gasteiger partial charge is 0.326 e. The van der Waals surface area contributed by atoms with Gasteiger partial charge in [-0.25, -0.2) is 4.79 Å². The summed E-state index contributed by atoms with van der Waals surface area (Å²) in [5, 5.41) is 20.4. The molecule has 2 aromatic carbocycles. The van der Waals surface area contributed by atoms with E-state index in [1.165, 1.54) is 0 Å². The number of carboxylic acids is 1. The third kappa shape index (κ3) is 3.60. The molecule has 138 valence electrons. The van der Waals surface area contributed by atoms with E-state index in [1.807, 2.05) is 36.4 Å². The van der Waals surface area contributed by atoms with Gasteiger partial charge >= 0.3 is 5.97 Å². The van der Waals surface area contributed by atoms with E-state index in [0.29, 0.717) is 12.2 Å². The maximum absolute atomic E-state index is 11.9. The van der Waals surface area contributed by atoms with Crippen molar-refractivity contribution in [1.29, 1.82) is 0 Å². The molecular weight excluding hydrogens is 334 g/mol. The molecule has 0 aromatic heterocycles. The zero-order valence-corrected chi connectivity index (χ0v) is 14.8. The van der Waals surface area contributed by atoms with E-state index in [9.17, 15) is 15.0 Å². The van der Waals surface area contributed by atoms with Gasteiger partial charge < -0.3 is 24.6 Å². The number of nitrogens with zero attached hydrogens (tertiary/aromatic N) is 1. The Hall–Kier alpha value is -2.73. The van der Waals surface area contributed by atoms with Crippen LogP contribution < -0.4 is 14.4 Å². The Morgan fingerprint density at radius 3 is 2.04 bits per heavy atom. The Morgan fingerprint density at radius 2 is 1.54 bits per heavy atom. The van der Waals surface area contributed by atoms with Crippen molar-refractivity contribution >= 4 is 11.7 Å². The molecule has 0 bridgehead atoms. The summed E-state index contributed by atoms with van der Waals surface area (Å²) in [4.78, 5) is 13.6. The number of ether oxygens (including phenoxy) is 2. The molecule has 26 heavy (non-hydrogen) atoms. The van der Waals surface area contributed by atoms with Crippen LogP contribution in [0.1, 0.15) is 17.9 Å². The standard InChI is InChI=1S/C20H23NO5/c1-25-15-7-3-13(4-8-15)17-11-18(20(23)24)21(12-19(17)22)14-5-9-16(26-2)10-6-14/h3-10,17-19,22H,11-12H2,1-2H3,(H,23,24)/t17-,18+,19+/m1/s1. The van der Waals surface area contributed by atoms with E-state index in [-0.39, 0.29) is 12.5 Å². The first-order chi connectivity index (χ1) is 12.5. The number of β-amino-alcohol motifs (C(OH)–C–C–N with tert-alkyl or cyclic N) is 1. The first-order valence-electron chi connectivity index (χ1n) is 8.49. The highest BCUT2D eigenvalue weighted by atomic mass is 16.5. The molecule has 1 aliphatic heterocycles. The Balaban J connectivity index is 1.85. The molecule has 1 saturated heterocycles. The van der Waals surface area contributed by atoms with Crippen LogP contribution in [0.5, 0.6) is 11.5 Å². The van der Waals surface area contributed by atoms with Crippen molar-refractivity contribution < 1.29 is 24.5 Å². The van der Waals surface area contributed by atoms with Crippen LogP contribution in [0, 0.1) is 0 Å². The van der Waals surface area contributed by atoms with Crippen LogP contribution in [0.15, 0.2) is 48.5 Å². The summed E-state index contributed by atoms with van der Waals surface area (Å²) in [6.07, 6.45) is -0.337. The number of piperidine rings is 1. The van der Waals surface area contributed by atoms with E-state index < -0.39 is 18.1 Å². The number of methoxy groups -OCH3 is 2. The zero-order chi connectivity index (χ0) is 18.7. The Kier molecular flexibility index (Phi) is 5.32. The predicted octanol–water partition coefficient (Wildman–Crippen LogP) is 2.51. The van der Waals surface area contributed by atoms with E-state index in [0.717, 1.165) is 17.0 Å². The molecule has 2 N–H and O–H groups in total. The maximum Gasteiger partial charge on any atom is 0.326 e. The topological polar surface area (TPSA) is 79.2 Å². The van der Waals surface area contributed by atoms with Crippen LogP contribution in [-0.2, 0) is 4.79 Å². The molecule has 1 fully saturated rings. The molecule has 0 aliphatic carbocycles. The minimum Gasteiger partial charge on any atom is -0.497 e. The largest absolute Gasteiger partial charge is 0.497 e. The Bertz CT molecular complexity index is 744. The molecule has 0 radical (unpaired) electrons. The minimum atomic E-state index is -0.897. The number of aliphatic hydroxyl groups is 1. The second kappa shape index (κ2) is 7.66. The lowest BCUT2D eigenvalue weighted by Crippen LogP contribution is -2.52. The van der Waals surface area contributed by atoms with Crippen LogP contribution in [0.4, 0.5) is 5.69 Å². The first-order valence-corrected chi connectivity index (χ1v) is 8.49. The van der Waals surface area contributed by atoms with E-state index >= 15 is 0 Å². The van der Waals surface area contributed by atoms with Crippen molar-refractivity contribution in [2.24, 2.45) is 0 Å². The van der Waals surface area contributed by atoms with Crippen molar-refractivity contribution in [1.82, 2.24) is 0 Å². The zero-order valence-electron chi connectivity index (χ0n) is 14.8. The van der Waals surface area contributed by atoms with Crippen molar-refractivity contribution in [2.45, 2.75) is 24.5 Å². The number of benzene rings is 2. The summed E-state index contributed by atoms with van der Waals surface area (Å²) in [6.45, 7) is 0.250. The van der Waals surface area contributed by atoms with Gasteiger partial charge in [-0.3, -0.25) is 0 Å². The molecule has 0 amide bonds. The van der Waals surface area contributed by atoms with Gasteiger partial charge in [0.25, 0.3) is 0 Å². The highest BCUT2D eigenvalue weighted by molar-refractivity contribution is 5.79. The van der Waals surface area contributed by atoms with Crippen LogP contribution in [0.3, 0.4) is 0 Å². The fourth-order valence-corrected chi connectivity index (χ4v) is 3.48. The lowest BCUT2D eigenvalue weighted by atomic mass is 9.83. The van der Waals surface area contributed by atoms with Crippen molar-refractivity contribution in [3.05, 3.63) is 54.1 Å². The highest BCUT2D eigenvalue weighted by Gasteiger charge is 2.39. The normalized spacial score (nSPS) is 22.7. The number of hydrogen-bond acceptors (Lipinski definition) is 5. The molecule has 6 nitrogen and oxygen atoms in total. The second-order valence-electron chi connectivity index (χ2n) is 6.39. The van der Waals surface area contributed by atoms with Crippen molar-refractivity contribution in [3.8, 4) is 11.5 Å². The SMILES string of the molecule is COc1ccc([C@H]2C[C@@H](C(=O)O)N(c3ccc(OC)cc3)C[C@@H]2O)cc1. The van der Waals surface area contributed by atoms with E-state index in [2.05, 4.69) is 0 Å². The molecule has 2 aromatic rings. The summed E-state index contributed by atoms with van der Waals surface area (Å²) in [6, 6.07) is 13.9. The van der Waals surface area contributed by atoms with Crippen molar-refractivity contribution in [3.63, 3.8) is 0 Å². The Morgan fingerprint density at radius 1 is 1.00 bits per heavy atom. The average Bonchev–Trinajstić information content (AvgIpc) is 2.67. The molecule has 0 spiro atoms. The number of carbonyl (C=O) groups is 1. The van der Waals surface area contributed by atoms with Crippen LogP contribution in [-0.4, -0.2) is 49.1 Å². The van der Waals surface area contributed by atoms with Gasteiger partial charge in [0.15, 0.2) is 0 Å². The molecule has 3 atom stereocenters. The van der Waals surface area contributed by atoms with E-state index in [1.54, 1.807) is 31.3 Å². The third-order valence-corrected chi connectivity index (χ3v) is 4.93. The average molecular weight is 357 g/mol. The monoisotopic (exact) mass is 357 g/mol. The van der Waals surface area contributed by atoms with Gasteiger partial charge in [0.1, 0.15) is 17.5 Å². The number of aliphatic hydroxyl groups excluding tert-OH is 1. The van der Waals surface area contributed by atoms with Gasteiger partial charge in [-0.05, 0) is 48.4 Å². The van der Waals surface area contributed by atoms with Crippen LogP contribution in [0.25, 0.3) is 0 Å².